The van der Waals surface area contributed by atoms with E-state index in [-0.39, 0.29) is 12.1 Å². The number of nitroso groups, excluding NO2 is 1. The molecular weight excluding hydrogens is 322 g/mol. The van der Waals surface area contributed by atoms with Gasteiger partial charge in [0, 0.05) is 0 Å². The van der Waals surface area contributed by atoms with Crippen molar-refractivity contribution in [1.29, 1.82) is 0 Å². The molecule has 4 atom stereocenters. The van der Waals surface area contributed by atoms with E-state index in [1.165, 1.54) is 4.90 Å². The van der Waals surface area contributed by atoms with Crippen LogP contribution in [0.2, 0.25) is 0 Å². The van der Waals surface area contributed by atoms with Crippen LogP contribution < -0.4 is 0 Å². The zero-order valence-corrected chi connectivity index (χ0v) is 14.2. The minimum absolute atomic E-state index is 0.183. The summed E-state index contributed by atoms with van der Waals surface area (Å²) in [6, 6.07) is 7.60. The fourth-order valence-corrected chi connectivity index (χ4v) is 3.48. The number of carbonyl (C=O) groups excluding carboxylic acids is 2. The van der Waals surface area contributed by atoms with Crippen LogP contribution in [-0.4, -0.2) is 40.1 Å². The maximum absolute atomic E-state index is 13.0. The number of carbonyl (C=O) groups is 2. The van der Waals surface area contributed by atoms with Gasteiger partial charge in [-0.05, 0) is 25.3 Å². The van der Waals surface area contributed by atoms with E-state index in [4.69, 9.17) is 4.74 Å². The summed E-state index contributed by atoms with van der Waals surface area (Å²) in [7, 11) is 0. The van der Waals surface area contributed by atoms with Crippen LogP contribution in [-0.2, 0) is 9.53 Å². The molecule has 1 aromatic carbocycles. The summed E-state index contributed by atoms with van der Waals surface area (Å²) in [6.45, 7) is 3.67. The number of fused-ring (bicyclic) bond motifs is 1. The first-order valence-corrected chi connectivity index (χ1v) is 8.45. The quantitative estimate of drug-likeness (QED) is 0.467. The Hall–Kier alpha value is -2.70. The predicted octanol–water partition coefficient (Wildman–Crippen LogP) is 3.19. The molecule has 0 N–H and O–H groups in total. The highest BCUT2D eigenvalue weighted by Crippen LogP contribution is 2.32. The van der Waals surface area contributed by atoms with Crippen LogP contribution in [0.3, 0.4) is 0 Å². The molecule has 0 unspecified atom stereocenters. The standard InChI is InChI=1S/C18H21N3O4/c1-3-16-14-10-7-11-15(20(14)18(23)25-16)17(22)21(19-24)12(2)13-8-5-4-6-9-13/h4-9,11-12,14-16H,3,10H2,1-2H3/t12-,14+,15-,16+/m1/s1. The summed E-state index contributed by atoms with van der Waals surface area (Å²) in [6.07, 6.45) is 4.07. The summed E-state index contributed by atoms with van der Waals surface area (Å²) in [5.41, 5.74) is 0.794. The van der Waals surface area contributed by atoms with E-state index in [1.807, 2.05) is 43.3 Å². The van der Waals surface area contributed by atoms with E-state index < -0.39 is 24.1 Å². The van der Waals surface area contributed by atoms with E-state index in [0.29, 0.717) is 12.8 Å². The van der Waals surface area contributed by atoms with Crippen molar-refractivity contribution >= 4 is 12.0 Å². The summed E-state index contributed by atoms with van der Waals surface area (Å²) in [5.74, 6) is -0.527. The van der Waals surface area contributed by atoms with E-state index in [1.54, 1.807) is 13.0 Å². The Morgan fingerprint density at radius 1 is 1.40 bits per heavy atom. The third-order valence-corrected chi connectivity index (χ3v) is 4.86. The lowest BCUT2D eigenvalue weighted by molar-refractivity contribution is -0.137. The molecule has 3 rings (SSSR count). The number of nitrogens with zero attached hydrogens (tertiary/aromatic N) is 3. The van der Waals surface area contributed by atoms with Gasteiger partial charge < -0.3 is 4.74 Å². The van der Waals surface area contributed by atoms with Gasteiger partial charge in [0.15, 0.2) is 0 Å². The van der Waals surface area contributed by atoms with Crippen molar-refractivity contribution in [2.75, 3.05) is 0 Å². The van der Waals surface area contributed by atoms with Gasteiger partial charge in [0.1, 0.15) is 12.1 Å². The molecule has 1 fully saturated rings. The number of rotatable bonds is 5. The minimum Gasteiger partial charge on any atom is -0.444 e. The first-order valence-electron chi connectivity index (χ1n) is 8.45. The van der Waals surface area contributed by atoms with E-state index in [0.717, 1.165) is 10.6 Å². The van der Waals surface area contributed by atoms with Gasteiger partial charge >= 0.3 is 6.09 Å². The Bertz CT molecular complexity index is 691. The average Bonchev–Trinajstić information content (AvgIpc) is 2.99. The Morgan fingerprint density at radius 2 is 2.12 bits per heavy atom. The first kappa shape index (κ1) is 17.1. The van der Waals surface area contributed by atoms with Crippen LogP contribution in [0.5, 0.6) is 0 Å². The van der Waals surface area contributed by atoms with Crippen LogP contribution in [0.25, 0.3) is 0 Å². The monoisotopic (exact) mass is 343 g/mol. The Kier molecular flexibility index (Phi) is 4.83. The van der Waals surface area contributed by atoms with Crippen molar-refractivity contribution in [3.63, 3.8) is 0 Å². The lowest BCUT2D eigenvalue weighted by Gasteiger charge is -2.34. The molecule has 0 spiro atoms. The smallest absolute Gasteiger partial charge is 0.411 e. The van der Waals surface area contributed by atoms with Gasteiger partial charge in [0.2, 0.25) is 0 Å². The second-order valence-electron chi connectivity index (χ2n) is 6.26. The van der Waals surface area contributed by atoms with Gasteiger partial charge in [-0.1, -0.05) is 49.4 Å². The summed E-state index contributed by atoms with van der Waals surface area (Å²) < 4.78 is 5.36. The van der Waals surface area contributed by atoms with E-state index in [2.05, 4.69) is 5.29 Å². The molecule has 2 amide bonds. The molecule has 2 aliphatic rings. The molecule has 7 heteroatoms. The zero-order valence-electron chi connectivity index (χ0n) is 14.2. The Labute approximate surface area is 146 Å². The second kappa shape index (κ2) is 7.04. The molecule has 0 saturated carbocycles. The van der Waals surface area contributed by atoms with Gasteiger partial charge in [-0.15, -0.1) is 4.91 Å². The highest BCUT2D eigenvalue weighted by Gasteiger charge is 2.48. The fourth-order valence-electron chi connectivity index (χ4n) is 3.48. The largest absolute Gasteiger partial charge is 0.444 e. The first-order chi connectivity index (χ1) is 12.1. The molecule has 0 bridgehead atoms. The number of cyclic esters (lactones) is 1. The molecule has 7 nitrogen and oxygen atoms in total. The highest BCUT2D eigenvalue weighted by atomic mass is 16.6. The minimum atomic E-state index is -0.869. The van der Waals surface area contributed by atoms with E-state index >= 15 is 0 Å². The molecular formula is C18H21N3O4. The molecule has 1 saturated heterocycles. The fraction of sp³-hybridized carbons (Fsp3) is 0.444. The number of amides is 2. The summed E-state index contributed by atoms with van der Waals surface area (Å²) in [5, 5.41) is 3.84. The SMILES string of the molecule is CC[C@@H]1OC(=O)N2[C@@H](C(=O)N(N=O)[C@H](C)c3ccccc3)C=CC[C@@H]12. The van der Waals surface area contributed by atoms with Crippen molar-refractivity contribution in [2.24, 2.45) is 5.29 Å². The van der Waals surface area contributed by atoms with Gasteiger partial charge in [-0.2, -0.15) is 5.01 Å². The molecule has 25 heavy (non-hydrogen) atoms. The van der Waals surface area contributed by atoms with Crippen LogP contribution in [0.1, 0.15) is 38.3 Å². The Balaban J connectivity index is 1.85. The van der Waals surface area contributed by atoms with Gasteiger partial charge in [0.05, 0.1) is 17.4 Å². The molecule has 0 aliphatic carbocycles. The third-order valence-electron chi connectivity index (χ3n) is 4.86. The van der Waals surface area contributed by atoms with Crippen molar-refractivity contribution in [2.45, 2.75) is 50.9 Å². The predicted molar refractivity (Wildman–Crippen MR) is 91.2 cm³/mol. The number of hydrogen-bond donors (Lipinski definition) is 0. The van der Waals surface area contributed by atoms with Gasteiger partial charge in [0.25, 0.3) is 5.91 Å². The zero-order chi connectivity index (χ0) is 18.0. The van der Waals surface area contributed by atoms with Crippen molar-refractivity contribution < 1.29 is 14.3 Å². The van der Waals surface area contributed by atoms with Crippen molar-refractivity contribution in [3.8, 4) is 0 Å². The average molecular weight is 343 g/mol. The van der Waals surface area contributed by atoms with Crippen LogP contribution in [0.15, 0.2) is 47.8 Å². The summed E-state index contributed by atoms with van der Waals surface area (Å²) in [4.78, 5) is 38.0. The summed E-state index contributed by atoms with van der Waals surface area (Å²) >= 11 is 0. The second-order valence-corrected chi connectivity index (χ2v) is 6.26. The lowest BCUT2D eigenvalue weighted by Crippen LogP contribution is -2.52. The number of benzene rings is 1. The third kappa shape index (κ3) is 3.01. The van der Waals surface area contributed by atoms with Crippen molar-refractivity contribution in [1.82, 2.24) is 9.91 Å². The van der Waals surface area contributed by atoms with Gasteiger partial charge in [-0.3, -0.25) is 9.69 Å². The lowest BCUT2D eigenvalue weighted by atomic mass is 9.97. The molecule has 0 radical (unpaired) electrons. The molecule has 132 valence electrons. The topological polar surface area (TPSA) is 79.3 Å². The number of ether oxygens (including phenoxy) is 1. The maximum Gasteiger partial charge on any atom is 0.411 e. The highest BCUT2D eigenvalue weighted by molar-refractivity contribution is 5.88. The molecule has 2 aliphatic heterocycles. The molecule has 0 aromatic heterocycles. The normalized spacial score (nSPS) is 25.9. The van der Waals surface area contributed by atoms with Crippen LogP contribution >= 0.6 is 0 Å². The molecule has 2 heterocycles. The van der Waals surface area contributed by atoms with Crippen LogP contribution in [0.4, 0.5) is 4.79 Å². The Morgan fingerprint density at radius 3 is 2.76 bits per heavy atom. The van der Waals surface area contributed by atoms with Crippen LogP contribution in [0, 0.1) is 4.91 Å². The number of hydrogen-bond acceptors (Lipinski definition) is 5. The molecule has 1 aromatic rings. The van der Waals surface area contributed by atoms with Crippen molar-refractivity contribution in [3.05, 3.63) is 53.0 Å². The maximum atomic E-state index is 13.0. The van der Waals surface area contributed by atoms with Gasteiger partial charge in [-0.25, -0.2) is 4.79 Å². The van der Waals surface area contributed by atoms with E-state index in [9.17, 15) is 14.5 Å².